The van der Waals surface area contributed by atoms with E-state index in [1.54, 1.807) is 0 Å². The van der Waals surface area contributed by atoms with E-state index in [-0.39, 0.29) is 5.12 Å². The van der Waals surface area contributed by atoms with Crippen LogP contribution in [0.5, 0.6) is 0 Å². The Morgan fingerprint density at radius 2 is 1.33 bits per heavy atom. The summed E-state index contributed by atoms with van der Waals surface area (Å²) in [6.45, 7) is 6.01. The van der Waals surface area contributed by atoms with Gasteiger partial charge in [-0.3, -0.25) is 9.36 Å². The van der Waals surface area contributed by atoms with Crippen LogP contribution in [0.3, 0.4) is 0 Å². The lowest BCUT2D eigenvalue weighted by Crippen LogP contribution is -2.10. The lowest BCUT2D eigenvalue weighted by Gasteiger charge is -2.12. The van der Waals surface area contributed by atoms with Gasteiger partial charge in [-0.15, -0.1) is 0 Å². The van der Waals surface area contributed by atoms with Gasteiger partial charge in [0, 0.05) is 16.3 Å². The number of rotatable bonds is 1. The number of fused-ring (bicyclic) bond motifs is 3. The summed E-state index contributed by atoms with van der Waals surface area (Å²) in [6, 6.07) is 20.4. The fourth-order valence-corrected chi connectivity index (χ4v) is 5.09. The second-order valence-corrected chi connectivity index (χ2v) is 8.41. The van der Waals surface area contributed by atoms with Crippen LogP contribution in [0.15, 0.2) is 60.7 Å². The molecule has 2 nitrogen and oxygen atoms in total. The van der Waals surface area contributed by atoms with Gasteiger partial charge in [-0.25, -0.2) is 0 Å². The smallest absolute Gasteiger partial charge is 0.226 e. The normalized spacial score (nSPS) is 11.2. The fraction of sp³-hybridized carbons (Fsp3) is 0.130. The van der Waals surface area contributed by atoms with E-state index in [0.29, 0.717) is 4.32 Å². The molecule has 0 aliphatic rings. The molecule has 0 saturated heterocycles. The summed E-state index contributed by atoms with van der Waals surface area (Å²) < 4.78 is 2.57. The number of benzene rings is 3. The van der Waals surface area contributed by atoms with E-state index < -0.39 is 0 Å². The van der Waals surface area contributed by atoms with Gasteiger partial charge in [-0.1, -0.05) is 66.3 Å². The first-order valence-electron chi connectivity index (χ1n) is 8.80. The third-order valence-electron chi connectivity index (χ3n) is 4.82. The average Bonchev–Trinajstić information content (AvgIpc) is 2.95. The van der Waals surface area contributed by atoms with Crippen LogP contribution in [-0.2, 0) is 0 Å². The topological polar surface area (TPSA) is 22.0 Å². The van der Waals surface area contributed by atoms with Crippen molar-refractivity contribution in [3.8, 4) is 0 Å². The average molecular weight is 390 g/mol. The van der Waals surface area contributed by atoms with Crippen molar-refractivity contribution in [3.63, 3.8) is 0 Å². The number of carbonyl (C=O) groups is 1. The Hall–Kier alpha value is -2.43. The van der Waals surface area contributed by atoms with Gasteiger partial charge in [0.25, 0.3) is 0 Å². The maximum Gasteiger partial charge on any atom is 0.226 e. The van der Waals surface area contributed by atoms with E-state index in [1.807, 2.05) is 61.7 Å². The Bertz CT molecular complexity index is 1140. The number of para-hydroxylation sites is 2. The van der Waals surface area contributed by atoms with Crippen molar-refractivity contribution in [2.24, 2.45) is 0 Å². The largest absolute Gasteiger partial charge is 0.294 e. The Labute approximate surface area is 168 Å². The number of aryl methyl sites for hydroxylation is 3. The summed E-state index contributed by atoms with van der Waals surface area (Å²) in [5, 5.41) is 2.29. The number of carbonyl (C=O) groups excluding carboxylic acids is 1. The molecule has 0 radical (unpaired) electrons. The summed E-state index contributed by atoms with van der Waals surface area (Å²) in [5.74, 6) is 0. The summed E-state index contributed by atoms with van der Waals surface area (Å²) in [5.41, 5.74) is 5.97. The van der Waals surface area contributed by atoms with Crippen LogP contribution >= 0.6 is 24.0 Å². The maximum absolute atomic E-state index is 13.0. The van der Waals surface area contributed by atoms with Crippen molar-refractivity contribution < 1.29 is 4.79 Å². The van der Waals surface area contributed by atoms with Gasteiger partial charge in [0.2, 0.25) is 5.12 Å². The third kappa shape index (κ3) is 3.09. The van der Waals surface area contributed by atoms with Crippen LogP contribution < -0.4 is 0 Å². The minimum Gasteiger partial charge on any atom is -0.294 e. The molecule has 27 heavy (non-hydrogen) atoms. The van der Waals surface area contributed by atoms with Crippen molar-refractivity contribution in [1.82, 2.24) is 4.57 Å². The summed E-state index contributed by atoms with van der Waals surface area (Å²) in [6.07, 6.45) is 0. The van der Waals surface area contributed by atoms with E-state index in [1.165, 1.54) is 0 Å². The maximum atomic E-state index is 13.0. The number of thiocarbonyl (C=S) groups is 1. The van der Waals surface area contributed by atoms with Gasteiger partial charge in [0.05, 0.1) is 11.0 Å². The number of thioether (sulfide) groups is 1. The van der Waals surface area contributed by atoms with Crippen molar-refractivity contribution in [2.45, 2.75) is 20.8 Å². The minimum absolute atomic E-state index is 0.00291. The molecule has 0 amide bonds. The molecule has 4 rings (SSSR count). The molecule has 0 saturated carbocycles. The Balaban J connectivity index is 1.79. The SMILES string of the molecule is Cc1cc(C)c(C(=O)SC(=S)n2c3ccccc3c3ccccc32)c(C)c1. The van der Waals surface area contributed by atoms with E-state index in [0.717, 1.165) is 55.8 Å². The Morgan fingerprint density at radius 1 is 0.852 bits per heavy atom. The zero-order valence-corrected chi connectivity index (χ0v) is 17.1. The third-order valence-corrected chi connectivity index (χ3v) is 6.00. The zero-order valence-electron chi connectivity index (χ0n) is 15.4. The molecule has 1 heterocycles. The Kier molecular flexibility index (Phi) is 4.62. The van der Waals surface area contributed by atoms with Crippen LogP contribution in [0.25, 0.3) is 21.8 Å². The summed E-state index contributed by atoms with van der Waals surface area (Å²) in [4.78, 5) is 13.0. The molecule has 0 atom stereocenters. The number of nitrogens with zero attached hydrogens (tertiary/aromatic N) is 1. The van der Waals surface area contributed by atoms with Crippen molar-refractivity contribution in [3.05, 3.63) is 82.9 Å². The van der Waals surface area contributed by atoms with Crippen LogP contribution in [-0.4, -0.2) is 14.0 Å². The summed E-state index contributed by atoms with van der Waals surface area (Å²) >= 11 is 6.85. The van der Waals surface area contributed by atoms with Gasteiger partial charge < -0.3 is 0 Å². The molecule has 4 heteroatoms. The molecule has 0 bridgehead atoms. The molecule has 0 unspecified atom stereocenters. The van der Waals surface area contributed by atoms with Crippen LogP contribution in [0, 0.1) is 20.8 Å². The van der Waals surface area contributed by atoms with Gasteiger partial charge in [0.1, 0.15) is 0 Å². The first kappa shape index (κ1) is 18.0. The minimum atomic E-state index is -0.00291. The first-order valence-corrected chi connectivity index (χ1v) is 10.0. The van der Waals surface area contributed by atoms with Crippen molar-refractivity contribution >= 4 is 55.2 Å². The second-order valence-electron chi connectivity index (χ2n) is 6.80. The highest BCUT2D eigenvalue weighted by atomic mass is 32.2. The van der Waals surface area contributed by atoms with Crippen LogP contribution in [0.4, 0.5) is 0 Å². The van der Waals surface area contributed by atoms with E-state index in [4.69, 9.17) is 12.2 Å². The highest BCUT2D eigenvalue weighted by Gasteiger charge is 2.19. The fourth-order valence-electron chi connectivity index (χ4n) is 3.80. The zero-order chi connectivity index (χ0) is 19.1. The van der Waals surface area contributed by atoms with Gasteiger partial charge in [-0.05, 0) is 55.8 Å². The molecule has 134 valence electrons. The standard InChI is InChI=1S/C23H19NOS2/c1-14-12-15(2)21(16(3)13-14)22(25)27-23(26)24-19-10-6-4-8-17(19)18-9-5-7-11-20(18)24/h4-13H,1-3H3. The molecular weight excluding hydrogens is 370 g/mol. The molecule has 0 fully saturated rings. The highest BCUT2D eigenvalue weighted by molar-refractivity contribution is 8.33. The van der Waals surface area contributed by atoms with E-state index >= 15 is 0 Å². The number of aromatic nitrogens is 1. The molecule has 0 spiro atoms. The van der Waals surface area contributed by atoms with Crippen LogP contribution in [0.1, 0.15) is 27.0 Å². The van der Waals surface area contributed by atoms with Gasteiger partial charge >= 0.3 is 0 Å². The van der Waals surface area contributed by atoms with E-state index in [2.05, 4.69) is 24.3 Å². The molecule has 1 aromatic heterocycles. The number of hydrogen-bond acceptors (Lipinski definition) is 3. The molecule has 0 aliphatic carbocycles. The Morgan fingerprint density at radius 3 is 1.85 bits per heavy atom. The predicted molar refractivity (Wildman–Crippen MR) is 120 cm³/mol. The number of hydrogen-bond donors (Lipinski definition) is 0. The monoisotopic (exact) mass is 389 g/mol. The highest BCUT2D eigenvalue weighted by Crippen LogP contribution is 2.32. The molecular formula is C23H19NOS2. The van der Waals surface area contributed by atoms with Crippen molar-refractivity contribution in [2.75, 3.05) is 0 Å². The predicted octanol–water partition coefficient (Wildman–Crippen LogP) is 6.43. The second kappa shape index (κ2) is 6.95. The first-order chi connectivity index (χ1) is 13.0. The summed E-state index contributed by atoms with van der Waals surface area (Å²) in [7, 11) is 0. The molecule has 3 aromatic carbocycles. The van der Waals surface area contributed by atoms with Gasteiger partial charge in [0.15, 0.2) is 4.32 Å². The lowest BCUT2D eigenvalue weighted by atomic mass is 10.0. The molecule has 4 aromatic rings. The lowest BCUT2D eigenvalue weighted by molar-refractivity contribution is 0.108. The quantitative estimate of drug-likeness (QED) is 0.350. The molecule has 0 N–H and O–H groups in total. The molecule has 0 aliphatic heterocycles. The van der Waals surface area contributed by atoms with E-state index in [9.17, 15) is 4.79 Å². The van der Waals surface area contributed by atoms with Crippen molar-refractivity contribution in [1.29, 1.82) is 0 Å². The van der Waals surface area contributed by atoms with Gasteiger partial charge in [-0.2, -0.15) is 0 Å². The van der Waals surface area contributed by atoms with Crippen LogP contribution in [0.2, 0.25) is 0 Å².